The Balaban J connectivity index is 0.000000165. The van der Waals surface area contributed by atoms with Crippen molar-refractivity contribution in [2.45, 2.75) is 0 Å². The smallest absolute Gasteiger partial charge is 0.0461 e. The maximum Gasteiger partial charge on any atom is 0.0461 e. The molecule has 0 N–H and O–H groups in total. The quantitative estimate of drug-likeness (QED) is 0.261. The maximum atomic E-state index is 2.25. The highest BCUT2D eigenvalue weighted by atomic mass is 31.1. The van der Waals surface area contributed by atoms with E-state index in [9.17, 15) is 0 Å². The molecule has 5 aromatic rings. The number of hydrogen-bond acceptors (Lipinski definition) is 1. The Morgan fingerprint density at radius 3 is 0.844 bits per heavy atom. The van der Waals surface area contributed by atoms with Crippen LogP contribution < -0.4 is 15.5 Å². The minimum Gasteiger partial charge on any atom is -0.311 e. The van der Waals surface area contributed by atoms with Crippen molar-refractivity contribution in [3.05, 3.63) is 152 Å². The molecule has 0 bridgehead atoms. The normalized spacial score (nSPS) is 10.0. The van der Waals surface area contributed by atoms with Crippen LogP contribution in [0.15, 0.2) is 152 Å². The van der Waals surface area contributed by atoms with Crippen molar-refractivity contribution in [1.82, 2.24) is 0 Å². The van der Waals surface area contributed by atoms with Gasteiger partial charge in [0.25, 0.3) is 0 Å². The van der Waals surface area contributed by atoms with E-state index >= 15 is 0 Å². The summed E-state index contributed by atoms with van der Waals surface area (Å²) in [7, 11) is 0.777. The van der Waals surface area contributed by atoms with E-state index in [1.807, 2.05) is 18.2 Å². The molecule has 156 valence electrons. The third kappa shape index (κ3) is 6.17. The van der Waals surface area contributed by atoms with Gasteiger partial charge in [0.2, 0.25) is 0 Å². The molecule has 0 amide bonds. The van der Waals surface area contributed by atoms with Gasteiger partial charge in [0.1, 0.15) is 0 Å². The predicted molar refractivity (Wildman–Crippen MR) is 142 cm³/mol. The van der Waals surface area contributed by atoms with Crippen molar-refractivity contribution in [3.63, 3.8) is 0 Å². The predicted octanol–water partition coefficient (Wildman–Crippen LogP) is 7.47. The molecule has 0 heterocycles. The van der Waals surface area contributed by atoms with Crippen LogP contribution in [0.3, 0.4) is 0 Å². The Labute approximate surface area is 192 Å². The first-order valence-corrected chi connectivity index (χ1v) is 11.7. The molecule has 5 aromatic carbocycles. The van der Waals surface area contributed by atoms with Crippen molar-refractivity contribution in [2.75, 3.05) is 4.90 Å². The first-order chi connectivity index (χ1) is 15.9. The molecule has 1 nitrogen and oxygen atoms in total. The lowest BCUT2D eigenvalue weighted by molar-refractivity contribution is 1.28. The van der Waals surface area contributed by atoms with E-state index in [0.29, 0.717) is 0 Å². The number of rotatable bonds is 5. The summed E-state index contributed by atoms with van der Waals surface area (Å²) in [6.07, 6.45) is 0. The first kappa shape index (κ1) is 21.6. The zero-order valence-corrected chi connectivity index (χ0v) is 18.9. The van der Waals surface area contributed by atoms with Crippen LogP contribution in [0.2, 0.25) is 0 Å². The Hall–Kier alpha value is -3.67. The van der Waals surface area contributed by atoms with Gasteiger partial charge >= 0.3 is 0 Å². The van der Waals surface area contributed by atoms with Gasteiger partial charge in [-0.05, 0) is 47.0 Å². The lowest BCUT2D eigenvalue weighted by atomic mass is 10.2. The summed E-state index contributed by atoms with van der Waals surface area (Å²) in [5.74, 6) is 0. The fourth-order valence-corrected chi connectivity index (χ4v) is 4.44. The molecule has 0 saturated heterocycles. The number of para-hydroxylation sites is 3. The highest BCUT2D eigenvalue weighted by Crippen LogP contribution is 2.33. The van der Waals surface area contributed by atoms with Gasteiger partial charge in [-0.1, -0.05) is 124 Å². The second-order valence-electron chi connectivity index (χ2n) is 7.20. The van der Waals surface area contributed by atoms with Gasteiger partial charge < -0.3 is 4.90 Å². The van der Waals surface area contributed by atoms with E-state index in [2.05, 4.69) is 138 Å². The first-order valence-electron chi connectivity index (χ1n) is 10.7. The summed E-state index contributed by atoms with van der Waals surface area (Å²) in [6, 6.07) is 52.4. The van der Waals surface area contributed by atoms with Crippen LogP contribution in [0.4, 0.5) is 17.1 Å². The van der Waals surface area contributed by atoms with E-state index in [1.54, 1.807) is 0 Å². The van der Waals surface area contributed by atoms with Crippen LogP contribution in [0.25, 0.3) is 0 Å². The van der Waals surface area contributed by atoms with Crippen LogP contribution >= 0.6 is 8.58 Å². The van der Waals surface area contributed by atoms with Gasteiger partial charge in [-0.2, -0.15) is 0 Å². The average Bonchev–Trinajstić information content (AvgIpc) is 2.88. The average molecular weight is 432 g/mol. The van der Waals surface area contributed by atoms with Crippen LogP contribution in [0.1, 0.15) is 0 Å². The van der Waals surface area contributed by atoms with E-state index in [1.165, 1.54) is 27.7 Å². The van der Waals surface area contributed by atoms with Crippen molar-refractivity contribution in [2.24, 2.45) is 0 Å². The molecule has 0 fully saturated rings. The standard InChI is InChI=1S/C18H15N.C12H11P/c1-4-10-16(11-5-1)19(17-12-6-2-7-13-17)18-14-8-3-9-15-18;1-3-7-11(8-4-1)13-12-9-5-2-6-10-12/h1-15H;1-10,13H. The molecule has 5 rings (SSSR count). The molecule has 0 spiro atoms. The van der Waals surface area contributed by atoms with Gasteiger partial charge in [0, 0.05) is 17.1 Å². The van der Waals surface area contributed by atoms with Crippen LogP contribution in [0.5, 0.6) is 0 Å². The molecule has 0 aromatic heterocycles. The molecule has 0 radical (unpaired) electrons. The Morgan fingerprint density at radius 1 is 0.312 bits per heavy atom. The van der Waals surface area contributed by atoms with Gasteiger partial charge in [0.15, 0.2) is 0 Å². The van der Waals surface area contributed by atoms with Gasteiger partial charge in [-0.15, -0.1) is 0 Å². The largest absolute Gasteiger partial charge is 0.311 e. The molecule has 0 aliphatic heterocycles. The molecular weight excluding hydrogens is 405 g/mol. The Bertz CT molecular complexity index is 1030. The highest BCUT2D eigenvalue weighted by Gasteiger charge is 2.10. The summed E-state index contributed by atoms with van der Waals surface area (Å²) in [5.41, 5.74) is 3.50. The summed E-state index contributed by atoms with van der Waals surface area (Å²) >= 11 is 0. The van der Waals surface area contributed by atoms with Crippen molar-refractivity contribution < 1.29 is 0 Å². The zero-order valence-electron chi connectivity index (χ0n) is 17.9. The second-order valence-corrected chi connectivity index (χ2v) is 8.60. The third-order valence-corrected chi connectivity index (χ3v) is 6.12. The van der Waals surface area contributed by atoms with Crippen LogP contribution in [0, 0.1) is 0 Å². The van der Waals surface area contributed by atoms with Crippen LogP contribution in [-0.2, 0) is 0 Å². The van der Waals surface area contributed by atoms with Gasteiger partial charge in [0.05, 0.1) is 0 Å². The second kappa shape index (κ2) is 11.6. The minimum atomic E-state index is 0.777. The summed E-state index contributed by atoms with van der Waals surface area (Å²) in [4.78, 5) is 2.25. The molecular formula is C30H26NP. The van der Waals surface area contributed by atoms with Crippen molar-refractivity contribution in [1.29, 1.82) is 0 Å². The third-order valence-electron chi connectivity index (χ3n) is 4.88. The van der Waals surface area contributed by atoms with Gasteiger partial charge in [-0.3, -0.25) is 0 Å². The van der Waals surface area contributed by atoms with E-state index in [0.717, 1.165) is 8.58 Å². The van der Waals surface area contributed by atoms with E-state index < -0.39 is 0 Å². The SMILES string of the molecule is c1ccc(N(c2ccccc2)c2ccccc2)cc1.c1ccc(Pc2ccccc2)cc1. The number of anilines is 3. The van der Waals surface area contributed by atoms with Crippen molar-refractivity contribution in [3.8, 4) is 0 Å². The fourth-order valence-electron chi connectivity index (χ4n) is 3.39. The monoisotopic (exact) mass is 431 g/mol. The lowest BCUT2D eigenvalue weighted by Gasteiger charge is -2.25. The molecule has 0 aliphatic rings. The summed E-state index contributed by atoms with van der Waals surface area (Å²) in [5, 5.41) is 2.79. The lowest BCUT2D eigenvalue weighted by Crippen LogP contribution is -2.09. The molecule has 0 saturated carbocycles. The topological polar surface area (TPSA) is 3.24 Å². The minimum absolute atomic E-state index is 0.777. The molecule has 2 heteroatoms. The highest BCUT2D eigenvalue weighted by molar-refractivity contribution is 7.55. The molecule has 32 heavy (non-hydrogen) atoms. The molecule has 0 aliphatic carbocycles. The van der Waals surface area contributed by atoms with Crippen LogP contribution in [-0.4, -0.2) is 0 Å². The summed E-state index contributed by atoms with van der Waals surface area (Å²) < 4.78 is 0. The Morgan fingerprint density at radius 2 is 0.562 bits per heavy atom. The van der Waals surface area contributed by atoms with E-state index in [4.69, 9.17) is 0 Å². The van der Waals surface area contributed by atoms with E-state index in [-0.39, 0.29) is 0 Å². The fraction of sp³-hybridized carbons (Fsp3) is 0. The van der Waals surface area contributed by atoms with Crippen molar-refractivity contribution >= 4 is 36.3 Å². The number of benzene rings is 5. The summed E-state index contributed by atoms with van der Waals surface area (Å²) in [6.45, 7) is 0. The zero-order chi connectivity index (χ0) is 21.8. The number of nitrogens with zero attached hydrogens (tertiary/aromatic N) is 1. The molecule has 0 unspecified atom stereocenters. The Kier molecular flexibility index (Phi) is 7.85. The number of hydrogen-bond donors (Lipinski definition) is 0. The molecule has 0 atom stereocenters. The maximum absolute atomic E-state index is 2.25. The van der Waals surface area contributed by atoms with Gasteiger partial charge in [-0.25, -0.2) is 0 Å².